The van der Waals surface area contributed by atoms with Gasteiger partial charge >= 0.3 is 6.18 Å². The van der Waals surface area contributed by atoms with E-state index in [1.165, 1.54) is 23.7 Å². The average molecular weight is 366 g/mol. The summed E-state index contributed by atoms with van der Waals surface area (Å²) < 4.78 is 49.0. The molecule has 2 N–H and O–H groups in total. The SMILES string of the molecule is NCCCCOc1ccc2c(-c3ccc(C(F)(F)F)cc3)nsc2c1. The van der Waals surface area contributed by atoms with Crippen LogP contribution in [0, 0.1) is 0 Å². The molecule has 7 heteroatoms. The lowest BCUT2D eigenvalue weighted by atomic mass is 10.1. The predicted molar refractivity (Wildman–Crippen MR) is 93.8 cm³/mol. The summed E-state index contributed by atoms with van der Waals surface area (Å²) in [6.07, 6.45) is -2.52. The summed E-state index contributed by atoms with van der Waals surface area (Å²) in [4.78, 5) is 0. The highest BCUT2D eigenvalue weighted by molar-refractivity contribution is 7.13. The lowest BCUT2D eigenvalue weighted by Crippen LogP contribution is -2.04. The van der Waals surface area contributed by atoms with Crippen molar-refractivity contribution in [2.75, 3.05) is 13.2 Å². The Kier molecular flexibility index (Phi) is 5.24. The molecule has 0 aliphatic heterocycles. The van der Waals surface area contributed by atoms with Crippen LogP contribution in [0.3, 0.4) is 0 Å². The summed E-state index contributed by atoms with van der Waals surface area (Å²) in [6.45, 7) is 1.25. The van der Waals surface area contributed by atoms with Gasteiger partial charge in [0.2, 0.25) is 0 Å². The Morgan fingerprint density at radius 2 is 1.80 bits per heavy atom. The zero-order chi connectivity index (χ0) is 17.9. The van der Waals surface area contributed by atoms with Crippen molar-refractivity contribution >= 4 is 21.6 Å². The van der Waals surface area contributed by atoms with E-state index in [2.05, 4.69) is 4.37 Å². The van der Waals surface area contributed by atoms with Crippen LogP contribution in [0.5, 0.6) is 5.75 Å². The van der Waals surface area contributed by atoms with Gasteiger partial charge in [-0.25, -0.2) is 0 Å². The molecule has 3 aromatic rings. The first-order valence-electron chi connectivity index (χ1n) is 7.89. The average Bonchev–Trinajstić information content (AvgIpc) is 3.01. The van der Waals surface area contributed by atoms with Crippen LogP contribution in [0.2, 0.25) is 0 Å². The molecule has 0 fully saturated rings. The smallest absolute Gasteiger partial charge is 0.416 e. The first kappa shape index (κ1) is 17.7. The molecule has 3 rings (SSSR count). The molecule has 0 amide bonds. The molecule has 0 radical (unpaired) electrons. The minimum atomic E-state index is -4.33. The first-order chi connectivity index (χ1) is 12.0. The molecule has 0 aliphatic carbocycles. The minimum Gasteiger partial charge on any atom is -0.494 e. The normalized spacial score (nSPS) is 11.8. The maximum Gasteiger partial charge on any atom is 0.416 e. The molecule has 3 nitrogen and oxygen atoms in total. The van der Waals surface area contributed by atoms with Crippen LogP contribution in [0.1, 0.15) is 18.4 Å². The van der Waals surface area contributed by atoms with Crippen LogP contribution in [0.15, 0.2) is 42.5 Å². The zero-order valence-corrected chi connectivity index (χ0v) is 14.2. The third-order valence-electron chi connectivity index (χ3n) is 3.80. The highest BCUT2D eigenvalue weighted by Gasteiger charge is 2.30. The Hall–Kier alpha value is -2.12. The van der Waals surface area contributed by atoms with Crippen LogP contribution in [0.25, 0.3) is 21.3 Å². The van der Waals surface area contributed by atoms with E-state index in [1.54, 1.807) is 0 Å². The van der Waals surface area contributed by atoms with Crippen molar-refractivity contribution in [2.24, 2.45) is 5.73 Å². The Balaban J connectivity index is 1.81. The molecule has 25 heavy (non-hydrogen) atoms. The molecule has 1 aromatic heterocycles. The number of hydrogen-bond acceptors (Lipinski definition) is 4. The number of nitrogens with two attached hydrogens (primary N) is 1. The molecule has 132 valence electrons. The van der Waals surface area contributed by atoms with E-state index in [9.17, 15) is 13.2 Å². The van der Waals surface area contributed by atoms with Gasteiger partial charge in [-0.3, -0.25) is 0 Å². The zero-order valence-electron chi connectivity index (χ0n) is 13.3. The van der Waals surface area contributed by atoms with Gasteiger partial charge in [0.1, 0.15) is 5.75 Å². The van der Waals surface area contributed by atoms with Crippen LogP contribution in [0.4, 0.5) is 13.2 Å². The van der Waals surface area contributed by atoms with E-state index >= 15 is 0 Å². The summed E-state index contributed by atoms with van der Waals surface area (Å²) >= 11 is 1.30. The van der Waals surface area contributed by atoms with Crippen LogP contribution in [-0.2, 0) is 6.18 Å². The van der Waals surface area contributed by atoms with E-state index in [1.807, 2.05) is 18.2 Å². The van der Waals surface area contributed by atoms with Gasteiger partial charge in [-0.1, -0.05) is 12.1 Å². The summed E-state index contributed by atoms with van der Waals surface area (Å²) in [5, 5.41) is 0.902. The van der Waals surface area contributed by atoms with Gasteiger partial charge in [-0.05, 0) is 61.3 Å². The van der Waals surface area contributed by atoms with Crippen molar-refractivity contribution in [3.63, 3.8) is 0 Å². The maximum absolute atomic E-state index is 12.7. The van der Waals surface area contributed by atoms with Gasteiger partial charge < -0.3 is 10.5 Å². The molecular weight excluding hydrogens is 349 g/mol. The van der Waals surface area contributed by atoms with Gasteiger partial charge in [0.15, 0.2) is 0 Å². The summed E-state index contributed by atoms with van der Waals surface area (Å²) in [7, 11) is 0. The van der Waals surface area contributed by atoms with Gasteiger partial charge in [-0.15, -0.1) is 0 Å². The number of unbranched alkanes of at least 4 members (excludes halogenated alkanes) is 1. The molecule has 0 bridgehead atoms. The van der Waals surface area contributed by atoms with Crippen molar-refractivity contribution in [1.82, 2.24) is 4.37 Å². The van der Waals surface area contributed by atoms with Crippen LogP contribution >= 0.6 is 11.5 Å². The van der Waals surface area contributed by atoms with Crippen molar-refractivity contribution in [3.8, 4) is 17.0 Å². The number of nitrogens with zero attached hydrogens (tertiary/aromatic N) is 1. The van der Waals surface area contributed by atoms with Crippen molar-refractivity contribution in [1.29, 1.82) is 0 Å². The monoisotopic (exact) mass is 366 g/mol. The number of hydrogen-bond donors (Lipinski definition) is 1. The number of fused-ring (bicyclic) bond motifs is 1. The molecule has 0 spiro atoms. The standard InChI is InChI=1S/C18H17F3N2OS/c19-18(20,21)13-5-3-12(4-6-13)17-15-8-7-14(11-16(15)25-23-17)24-10-2-1-9-22/h3-8,11H,1-2,9-10,22H2. The fourth-order valence-electron chi connectivity index (χ4n) is 2.47. The molecule has 0 saturated heterocycles. The Morgan fingerprint density at radius 3 is 2.48 bits per heavy atom. The van der Waals surface area contributed by atoms with E-state index in [4.69, 9.17) is 10.5 Å². The van der Waals surface area contributed by atoms with E-state index in [0.29, 0.717) is 24.4 Å². The highest BCUT2D eigenvalue weighted by atomic mass is 32.1. The molecular formula is C18H17F3N2OS. The largest absolute Gasteiger partial charge is 0.494 e. The van der Waals surface area contributed by atoms with Crippen molar-refractivity contribution in [2.45, 2.75) is 19.0 Å². The number of halogens is 3. The summed E-state index contributed by atoms with van der Waals surface area (Å²) in [5.74, 6) is 0.757. The second-order valence-electron chi connectivity index (χ2n) is 5.61. The van der Waals surface area contributed by atoms with E-state index < -0.39 is 11.7 Å². The molecule has 0 atom stereocenters. The van der Waals surface area contributed by atoms with Crippen molar-refractivity contribution in [3.05, 3.63) is 48.0 Å². The predicted octanol–water partition coefficient (Wildman–Crippen LogP) is 5.10. The second kappa shape index (κ2) is 7.41. The Bertz CT molecular complexity index is 844. The van der Waals surface area contributed by atoms with Gasteiger partial charge in [0.05, 0.1) is 22.6 Å². The van der Waals surface area contributed by atoms with Crippen LogP contribution < -0.4 is 10.5 Å². The third kappa shape index (κ3) is 4.11. The lowest BCUT2D eigenvalue weighted by molar-refractivity contribution is -0.137. The molecule has 1 heterocycles. The van der Waals surface area contributed by atoms with E-state index in [0.717, 1.165) is 40.8 Å². The third-order valence-corrected chi connectivity index (χ3v) is 4.60. The number of aromatic nitrogens is 1. The van der Waals surface area contributed by atoms with Crippen molar-refractivity contribution < 1.29 is 17.9 Å². The number of ether oxygens (including phenoxy) is 1. The number of alkyl halides is 3. The van der Waals surface area contributed by atoms with Crippen LogP contribution in [-0.4, -0.2) is 17.5 Å². The summed E-state index contributed by atoms with van der Waals surface area (Å²) in [6, 6.07) is 10.7. The quantitative estimate of drug-likeness (QED) is 0.618. The van der Waals surface area contributed by atoms with Gasteiger partial charge in [-0.2, -0.15) is 17.5 Å². The topological polar surface area (TPSA) is 48.1 Å². The first-order valence-corrected chi connectivity index (χ1v) is 8.66. The number of rotatable bonds is 6. The number of benzene rings is 2. The second-order valence-corrected chi connectivity index (χ2v) is 6.41. The molecule has 2 aromatic carbocycles. The minimum absolute atomic E-state index is 0.604. The fraction of sp³-hybridized carbons (Fsp3) is 0.278. The van der Waals surface area contributed by atoms with Gasteiger partial charge in [0.25, 0.3) is 0 Å². The highest BCUT2D eigenvalue weighted by Crippen LogP contribution is 2.35. The summed E-state index contributed by atoms with van der Waals surface area (Å²) in [5.41, 5.74) is 6.13. The maximum atomic E-state index is 12.7. The molecule has 0 unspecified atom stereocenters. The molecule has 0 saturated carbocycles. The Morgan fingerprint density at radius 1 is 1.04 bits per heavy atom. The van der Waals surface area contributed by atoms with Gasteiger partial charge in [0, 0.05) is 10.9 Å². The fourth-order valence-corrected chi connectivity index (χ4v) is 3.29. The van der Waals surface area contributed by atoms with E-state index in [-0.39, 0.29) is 0 Å². The Labute approximate surface area is 147 Å². The molecule has 0 aliphatic rings. The lowest BCUT2D eigenvalue weighted by Gasteiger charge is -2.07.